The number of aliphatic hydroxyl groups excluding tert-OH is 1. The molecule has 4 heteroatoms. The van der Waals surface area contributed by atoms with Crippen LogP contribution in [-0.4, -0.2) is 37.3 Å². The minimum Gasteiger partial charge on any atom is -0.396 e. The average Bonchev–Trinajstić information content (AvgIpc) is 2.70. The van der Waals surface area contributed by atoms with E-state index in [1.165, 1.54) is 6.42 Å². The lowest BCUT2D eigenvalue weighted by molar-refractivity contribution is -0.127. The Bertz CT molecular complexity index is 266. The average molecular weight is 240 g/mol. The van der Waals surface area contributed by atoms with E-state index < -0.39 is 0 Å². The zero-order chi connectivity index (χ0) is 12.3. The number of carbonyl (C=O) groups is 1. The first-order valence-electron chi connectivity index (χ1n) is 6.81. The van der Waals surface area contributed by atoms with Crippen LogP contribution in [0.1, 0.15) is 26.2 Å². The van der Waals surface area contributed by atoms with Crippen LogP contribution in [0.15, 0.2) is 0 Å². The monoisotopic (exact) mass is 240 g/mol. The second-order valence-electron chi connectivity index (χ2n) is 5.59. The van der Waals surface area contributed by atoms with Crippen molar-refractivity contribution in [3.8, 4) is 0 Å². The maximum Gasteiger partial charge on any atom is 0.223 e. The Morgan fingerprint density at radius 1 is 1.41 bits per heavy atom. The number of hydrogen-bond donors (Lipinski definition) is 3. The molecule has 4 nitrogen and oxygen atoms in total. The van der Waals surface area contributed by atoms with Crippen molar-refractivity contribution in [2.45, 2.75) is 26.2 Å². The number of rotatable bonds is 5. The van der Waals surface area contributed by atoms with Crippen molar-refractivity contribution >= 4 is 5.91 Å². The van der Waals surface area contributed by atoms with E-state index >= 15 is 0 Å². The molecule has 0 spiro atoms. The van der Waals surface area contributed by atoms with Crippen molar-refractivity contribution in [3.63, 3.8) is 0 Å². The summed E-state index contributed by atoms with van der Waals surface area (Å²) in [7, 11) is 0. The van der Waals surface area contributed by atoms with E-state index in [0.717, 1.165) is 32.5 Å². The highest BCUT2D eigenvalue weighted by atomic mass is 16.3. The van der Waals surface area contributed by atoms with E-state index in [9.17, 15) is 9.90 Å². The largest absolute Gasteiger partial charge is 0.396 e. The predicted molar refractivity (Wildman–Crippen MR) is 66.5 cm³/mol. The van der Waals surface area contributed by atoms with Crippen LogP contribution in [0.4, 0.5) is 0 Å². The van der Waals surface area contributed by atoms with Crippen molar-refractivity contribution in [2.75, 3.05) is 26.2 Å². The number of carbonyl (C=O) groups excluding carboxylic acids is 1. The summed E-state index contributed by atoms with van der Waals surface area (Å²) in [5, 5.41) is 15.5. The lowest BCUT2D eigenvalue weighted by atomic mass is 9.88. The Kier molecular flexibility index (Phi) is 4.40. The van der Waals surface area contributed by atoms with Crippen molar-refractivity contribution in [3.05, 3.63) is 0 Å². The number of hydrogen-bond acceptors (Lipinski definition) is 3. The topological polar surface area (TPSA) is 61.4 Å². The first-order valence-corrected chi connectivity index (χ1v) is 6.81. The van der Waals surface area contributed by atoms with Crippen LogP contribution in [-0.2, 0) is 4.79 Å². The van der Waals surface area contributed by atoms with Gasteiger partial charge in [-0.25, -0.2) is 0 Å². The summed E-state index contributed by atoms with van der Waals surface area (Å²) < 4.78 is 0. The molecule has 0 bridgehead atoms. The van der Waals surface area contributed by atoms with E-state index in [-0.39, 0.29) is 18.4 Å². The van der Waals surface area contributed by atoms with Crippen LogP contribution in [0.5, 0.6) is 0 Å². The number of aliphatic hydroxyl groups is 1. The fourth-order valence-corrected chi connectivity index (χ4v) is 2.89. The fourth-order valence-electron chi connectivity index (χ4n) is 2.89. The summed E-state index contributed by atoms with van der Waals surface area (Å²) in [6.07, 6.45) is 3.44. The first kappa shape index (κ1) is 12.8. The second-order valence-corrected chi connectivity index (χ2v) is 5.59. The molecule has 3 unspecified atom stereocenters. The molecule has 1 saturated heterocycles. The van der Waals surface area contributed by atoms with Gasteiger partial charge < -0.3 is 15.7 Å². The number of nitrogens with one attached hydrogen (secondary N) is 2. The van der Waals surface area contributed by atoms with Crippen LogP contribution < -0.4 is 10.6 Å². The smallest absolute Gasteiger partial charge is 0.223 e. The van der Waals surface area contributed by atoms with Gasteiger partial charge in [0.25, 0.3) is 0 Å². The van der Waals surface area contributed by atoms with E-state index in [1.807, 2.05) is 6.92 Å². The van der Waals surface area contributed by atoms with Crippen LogP contribution in [0.2, 0.25) is 0 Å². The highest BCUT2D eigenvalue weighted by molar-refractivity contribution is 5.78. The van der Waals surface area contributed by atoms with Crippen LogP contribution in [0.3, 0.4) is 0 Å². The van der Waals surface area contributed by atoms with Crippen LogP contribution in [0.25, 0.3) is 0 Å². The van der Waals surface area contributed by atoms with Gasteiger partial charge in [-0.15, -0.1) is 0 Å². The summed E-state index contributed by atoms with van der Waals surface area (Å²) >= 11 is 0. The van der Waals surface area contributed by atoms with Gasteiger partial charge in [0.15, 0.2) is 0 Å². The maximum atomic E-state index is 11.9. The summed E-state index contributed by atoms with van der Waals surface area (Å²) in [6.45, 7) is 4.96. The molecule has 2 fully saturated rings. The highest BCUT2D eigenvalue weighted by Gasteiger charge is 2.30. The third-order valence-corrected chi connectivity index (χ3v) is 4.52. The minimum absolute atomic E-state index is 0.116. The molecule has 0 aromatic heterocycles. The maximum absolute atomic E-state index is 11.9. The van der Waals surface area contributed by atoms with E-state index in [2.05, 4.69) is 10.6 Å². The van der Waals surface area contributed by atoms with Crippen molar-refractivity contribution in [2.24, 2.45) is 23.7 Å². The zero-order valence-electron chi connectivity index (χ0n) is 10.6. The lowest BCUT2D eigenvalue weighted by Crippen LogP contribution is -2.50. The predicted octanol–water partition coefficient (Wildman–Crippen LogP) is 0.367. The standard InChI is InChI=1S/C13H24N2O2/c1-9(12-5-14-6-12)13(17)15-7-10-3-2-4-11(10)8-16/h9-12,14,16H,2-8H2,1H3,(H,15,17). The van der Waals surface area contributed by atoms with Crippen molar-refractivity contribution in [1.29, 1.82) is 0 Å². The van der Waals surface area contributed by atoms with Gasteiger partial charge >= 0.3 is 0 Å². The molecule has 0 aromatic rings. The Morgan fingerprint density at radius 3 is 2.71 bits per heavy atom. The molecule has 2 rings (SSSR count). The zero-order valence-corrected chi connectivity index (χ0v) is 10.6. The summed E-state index contributed by atoms with van der Waals surface area (Å²) in [5.41, 5.74) is 0. The van der Waals surface area contributed by atoms with E-state index in [4.69, 9.17) is 0 Å². The fraction of sp³-hybridized carbons (Fsp3) is 0.923. The molecule has 1 saturated carbocycles. The van der Waals surface area contributed by atoms with E-state index in [0.29, 0.717) is 17.8 Å². The molecule has 17 heavy (non-hydrogen) atoms. The molecule has 1 amide bonds. The molecule has 0 aromatic carbocycles. The van der Waals surface area contributed by atoms with Gasteiger partial charge in [0.2, 0.25) is 5.91 Å². The SMILES string of the molecule is CC(C(=O)NCC1CCCC1CO)C1CNC1. The van der Waals surface area contributed by atoms with Gasteiger partial charge in [0.05, 0.1) is 0 Å². The second kappa shape index (κ2) is 5.83. The molecule has 98 valence electrons. The normalized spacial score (nSPS) is 30.9. The van der Waals surface area contributed by atoms with Gasteiger partial charge in [-0.2, -0.15) is 0 Å². The third kappa shape index (κ3) is 2.99. The van der Waals surface area contributed by atoms with Gasteiger partial charge in [-0.05, 0) is 43.7 Å². The molecule has 1 heterocycles. The Labute approximate surface area is 103 Å². The van der Waals surface area contributed by atoms with Crippen LogP contribution in [0, 0.1) is 23.7 Å². The van der Waals surface area contributed by atoms with Gasteiger partial charge in [-0.3, -0.25) is 4.79 Å². The highest BCUT2D eigenvalue weighted by Crippen LogP contribution is 2.30. The first-order chi connectivity index (χ1) is 8.22. The Hall–Kier alpha value is -0.610. The van der Waals surface area contributed by atoms with Gasteiger partial charge in [-0.1, -0.05) is 13.3 Å². The third-order valence-electron chi connectivity index (χ3n) is 4.52. The summed E-state index contributed by atoms with van der Waals surface area (Å²) in [5.74, 6) is 1.68. The Balaban J connectivity index is 1.71. The molecule has 1 aliphatic carbocycles. The van der Waals surface area contributed by atoms with Crippen molar-refractivity contribution < 1.29 is 9.90 Å². The molecular formula is C13H24N2O2. The summed E-state index contributed by atoms with van der Waals surface area (Å²) in [6, 6.07) is 0. The number of amides is 1. The summed E-state index contributed by atoms with van der Waals surface area (Å²) in [4.78, 5) is 11.9. The van der Waals surface area contributed by atoms with Gasteiger partial charge in [0.1, 0.15) is 0 Å². The molecule has 3 atom stereocenters. The van der Waals surface area contributed by atoms with Crippen molar-refractivity contribution in [1.82, 2.24) is 10.6 Å². The molecule has 0 radical (unpaired) electrons. The molecular weight excluding hydrogens is 216 g/mol. The molecule has 3 N–H and O–H groups in total. The molecule has 1 aliphatic heterocycles. The van der Waals surface area contributed by atoms with Crippen LogP contribution >= 0.6 is 0 Å². The van der Waals surface area contributed by atoms with Gasteiger partial charge in [0, 0.05) is 19.1 Å². The molecule has 2 aliphatic rings. The minimum atomic E-state index is 0.116. The van der Waals surface area contributed by atoms with E-state index in [1.54, 1.807) is 0 Å². The Morgan fingerprint density at radius 2 is 2.12 bits per heavy atom. The quantitative estimate of drug-likeness (QED) is 0.650. The lowest BCUT2D eigenvalue weighted by Gasteiger charge is -2.32.